The molecule has 4 aliphatic rings. The molecule has 4 rings (SSSR count). The molecule has 7 atom stereocenters. The molecule has 3 saturated carbocycles. The van der Waals surface area contributed by atoms with Gasteiger partial charge in [-0.1, -0.05) is 0 Å². The molecule has 3 aliphatic carbocycles. The number of esters is 1. The van der Waals surface area contributed by atoms with Crippen LogP contribution in [0.3, 0.4) is 0 Å². The SMILES string of the molecule is COC(=O)C1CC2CC1C1CC3OC3C21. The van der Waals surface area contributed by atoms with Crippen LogP contribution in [0.25, 0.3) is 0 Å². The number of ether oxygens (including phenoxy) is 2. The number of epoxide rings is 1. The Balaban J connectivity index is 1.60. The summed E-state index contributed by atoms with van der Waals surface area (Å²) in [6, 6.07) is 0. The average molecular weight is 208 g/mol. The van der Waals surface area contributed by atoms with Gasteiger partial charge in [-0.15, -0.1) is 0 Å². The van der Waals surface area contributed by atoms with Crippen LogP contribution in [0, 0.1) is 29.6 Å². The highest BCUT2D eigenvalue weighted by atomic mass is 16.6. The fourth-order valence-corrected chi connectivity index (χ4v) is 4.75. The van der Waals surface area contributed by atoms with Crippen LogP contribution in [0.4, 0.5) is 0 Å². The van der Waals surface area contributed by atoms with Crippen molar-refractivity contribution in [1.82, 2.24) is 0 Å². The van der Waals surface area contributed by atoms with Crippen LogP contribution in [0.1, 0.15) is 19.3 Å². The Hall–Kier alpha value is -0.570. The van der Waals surface area contributed by atoms with Crippen LogP contribution in [-0.4, -0.2) is 25.3 Å². The second kappa shape index (κ2) is 2.57. The van der Waals surface area contributed by atoms with E-state index in [0.717, 1.165) is 24.2 Å². The maximum atomic E-state index is 11.6. The van der Waals surface area contributed by atoms with Gasteiger partial charge in [0.15, 0.2) is 0 Å². The zero-order valence-corrected chi connectivity index (χ0v) is 8.89. The van der Waals surface area contributed by atoms with Gasteiger partial charge in [-0.25, -0.2) is 0 Å². The minimum Gasteiger partial charge on any atom is -0.469 e. The van der Waals surface area contributed by atoms with Crippen molar-refractivity contribution in [3.63, 3.8) is 0 Å². The van der Waals surface area contributed by atoms with Crippen LogP contribution < -0.4 is 0 Å². The molecule has 0 radical (unpaired) electrons. The molecule has 1 aliphatic heterocycles. The van der Waals surface area contributed by atoms with Gasteiger partial charge in [0.2, 0.25) is 0 Å². The highest BCUT2D eigenvalue weighted by molar-refractivity contribution is 5.73. The van der Waals surface area contributed by atoms with E-state index in [2.05, 4.69) is 0 Å². The van der Waals surface area contributed by atoms with Crippen molar-refractivity contribution in [1.29, 1.82) is 0 Å². The van der Waals surface area contributed by atoms with Gasteiger partial charge < -0.3 is 9.47 Å². The minimum absolute atomic E-state index is 0.0300. The molecular weight excluding hydrogens is 192 g/mol. The van der Waals surface area contributed by atoms with Gasteiger partial charge in [0.25, 0.3) is 0 Å². The van der Waals surface area contributed by atoms with Crippen molar-refractivity contribution in [3.8, 4) is 0 Å². The second-order valence-electron chi connectivity index (χ2n) is 5.64. The zero-order chi connectivity index (χ0) is 10.2. The number of hydrogen-bond donors (Lipinski definition) is 0. The first-order chi connectivity index (χ1) is 7.29. The molecule has 7 unspecified atom stereocenters. The van der Waals surface area contributed by atoms with Gasteiger partial charge in [0.05, 0.1) is 25.2 Å². The summed E-state index contributed by atoms with van der Waals surface area (Å²) in [6.07, 6.45) is 4.65. The highest BCUT2D eigenvalue weighted by Crippen LogP contribution is 2.65. The van der Waals surface area contributed by atoms with E-state index in [-0.39, 0.29) is 11.9 Å². The standard InChI is InChI=1S/C12H16O3/c1-14-12(13)8-3-5-2-6(8)7-4-9-11(15-9)10(5)7/h5-11H,2-4H2,1H3. The summed E-state index contributed by atoms with van der Waals surface area (Å²) < 4.78 is 10.5. The lowest BCUT2D eigenvalue weighted by Crippen LogP contribution is -2.32. The highest BCUT2D eigenvalue weighted by Gasteiger charge is 2.67. The Bertz CT molecular complexity index is 327. The van der Waals surface area contributed by atoms with Crippen LogP contribution in [0.15, 0.2) is 0 Å². The smallest absolute Gasteiger partial charge is 0.308 e. The molecule has 3 nitrogen and oxygen atoms in total. The Morgan fingerprint density at radius 2 is 2.13 bits per heavy atom. The Labute approximate surface area is 89.1 Å². The molecule has 0 N–H and O–H groups in total. The van der Waals surface area contributed by atoms with E-state index in [0.29, 0.717) is 18.1 Å². The lowest BCUT2D eigenvalue weighted by molar-refractivity contribution is -0.148. The summed E-state index contributed by atoms with van der Waals surface area (Å²) in [7, 11) is 1.51. The van der Waals surface area contributed by atoms with E-state index in [1.807, 2.05) is 0 Å². The molecule has 0 aromatic rings. The summed E-state index contributed by atoms with van der Waals surface area (Å²) in [6.45, 7) is 0. The Morgan fingerprint density at radius 1 is 1.27 bits per heavy atom. The largest absolute Gasteiger partial charge is 0.469 e. The van der Waals surface area contributed by atoms with Gasteiger partial charge in [-0.2, -0.15) is 0 Å². The topological polar surface area (TPSA) is 38.8 Å². The van der Waals surface area contributed by atoms with Crippen molar-refractivity contribution in [2.45, 2.75) is 31.5 Å². The van der Waals surface area contributed by atoms with Crippen LogP contribution >= 0.6 is 0 Å². The van der Waals surface area contributed by atoms with E-state index < -0.39 is 0 Å². The van der Waals surface area contributed by atoms with Crippen LogP contribution in [0.2, 0.25) is 0 Å². The third-order valence-electron chi connectivity index (χ3n) is 5.25. The molecule has 15 heavy (non-hydrogen) atoms. The first-order valence-electron chi connectivity index (χ1n) is 6.03. The number of carbonyl (C=O) groups is 1. The lowest BCUT2D eigenvalue weighted by Gasteiger charge is -2.31. The van der Waals surface area contributed by atoms with Crippen molar-refractivity contribution in [2.24, 2.45) is 29.6 Å². The van der Waals surface area contributed by atoms with Crippen LogP contribution in [-0.2, 0) is 14.3 Å². The summed E-state index contributed by atoms with van der Waals surface area (Å²) >= 11 is 0. The molecule has 1 heterocycles. The molecule has 1 saturated heterocycles. The predicted molar refractivity (Wildman–Crippen MR) is 52.0 cm³/mol. The number of fused-ring (bicyclic) bond motifs is 7. The van der Waals surface area contributed by atoms with E-state index in [4.69, 9.17) is 9.47 Å². The molecule has 82 valence electrons. The number of rotatable bonds is 1. The van der Waals surface area contributed by atoms with Gasteiger partial charge >= 0.3 is 5.97 Å². The quantitative estimate of drug-likeness (QED) is 0.480. The van der Waals surface area contributed by atoms with Crippen molar-refractivity contribution in [2.75, 3.05) is 7.11 Å². The summed E-state index contributed by atoms with van der Waals surface area (Å²) in [5, 5.41) is 0. The predicted octanol–water partition coefficient (Wildman–Crippen LogP) is 1.22. The first-order valence-corrected chi connectivity index (χ1v) is 6.03. The number of carbonyl (C=O) groups excluding carboxylic acids is 1. The average Bonchev–Trinajstić information content (AvgIpc) is 2.69. The van der Waals surface area contributed by atoms with E-state index >= 15 is 0 Å². The Morgan fingerprint density at radius 3 is 2.93 bits per heavy atom. The maximum absolute atomic E-state index is 11.6. The van der Waals surface area contributed by atoms with Gasteiger partial charge in [0, 0.05) is 0 Å². The Kier molecular flexibility index (Phi) is 1.47. The third kappa shape index (κ3) is 0.930. The second-order valence-corrected chi connectivity index (χ2v) is 5.64. The maximum Gasteiger partial charge on any atom is 0.308 e. The minimum atomic E-state index is 0.0300. The molecule has 0 spiro atoms. The van der Waals surface area contributed by atoms with Crippen LogP contribution in [0.5, 0.6) is 0 Å². The van der Waals surface area contributed by atoms with Crippen molar-refractivity contribution >= 4 is 5.97 Å². The fraction of sp³-hybridized carbons (Fsp3) is 0.917. The summed E-state index contributed by atoms with van der Waals surface area (Å²) in [5.74, 6) is 3.17. The monoisotopic (exact) mass is 208 g/mol. The molecule has 3 heteroatoms. The summed E-state index contributed by atoms with van der Waals surface area (Å²) in [5.41, 5.74) is 0. The molecule has 4 fully saturated rings. The molecule has 0 amide bonds. The normalized spacial score (nSPS) is 58.9. The van der Waals surface area contributed by atoms with Crippen molar-refractivity contribution < 1.29 is 14.3 Å². The van der Waals surface area contributed by atoms with E-state index in [9.17, 15) is 4.79 Å². The number of hydrogen-bond acceptors (Lipinski definition) is 3. The van der Waals surface area contributed by atoms with E-state index in [1.54, 1.807) is 0 Å². The first kappa shape index (κ1) is 8.57. The van der Waals surface area contributed by atoms with Gasteiger partial charge in [-0.05, 0) is 42.9 Å². The number of methoxy groups -OCH3 is 1. The molecular formula is C12H16O3. The zero-order valence-electron chi connectivity index (χ0n) is 8.89. The van der Waals surface area contributed by atoms with Crippen molar-refractivity contribution in [3.05, 3.63) is 0 Å². The fourth-order valence-electron chi connectivity index (χ4n) is 4.75. The third-order valence-corrected chi connectivity index (χ3v) is 5.25. The molecule has 0 aromatic heterocycles. The lowest BCUT2D eigenvalue weighted by atomic mass is 9.75. The van der Waals surface area contributed by atoms with Gasteiger partial charge in [0.1, 0.15) is 0 Å². The molecule has 2 bridgehead atoms. The van der Waals surface area contributed by atoms with Gasteiger partial charge in [-0.3, -0.25) is 4.79 Å². The summed E-state index contributed by atoms with van der Waals surface area (Å²) in [4.78, 5) is 11.6. The molecule has 0 aromatic carbocycles. The van der Waals surface area contributed by atoms with E-state index in [1.165, 1.54) is 20.0 Å².